The predicted octanol–water partition coefficient (Wildman–Crippen LogP) is 0.944. The molecule has 21 heavy (non-hydrogen) atoms. The average Bonchev–Trinajstić information content (AvgIpc) is 3.04. The Kier molecular flexibility index (Phi) is 4.41. The monoisotopic (exact) mass is 289 g/mol. The van der Waals surface area contributed by atoms with Gasteiger partial charge in [0.2, 0.25) is 0 Å². The summed E-state index contributed by atoms with van der Waals surface area (Å²) in [4.78, 5) is 17.0. The summed E-state index contributed by atoms with van der Waals surface area (Å²) < 4.78 is 5.40. The number of nitrogens with two attached hydrogens (primary N) is 1. The molecule has 2 heterocycles. The van der Waals surface area contributed by atoms with Gasteiger partial charge in [-0.2, -0.15) is 0 Å². The van der Waals surface area contributed by atoms with Gasteiger partial charge >= 0.3 is 0 Å². The number of anilines is 1. The van der Waals surface area contributed by atoms with E-state index in [1.54, 1.807) is 0 Å². The Hall–Kier alpha value is -1.59. The van der Waals surface area contributed by atoms with Crippen LogP contribution in [0.4, 0.5) is 5.69 Å². The summed E-state index contributed by atoms with van der Waals surface area (Å²) in [6, 6.07) is 7.90. The maximum Gasteiger partial charge on any atom is 0.255 e. The van der Waals surface area contributed by atoms with Crippen LogP contribution in [0.5, 0.6) is 0 Å². The lowest BCUT2D eigenvalue weighted by Gasteiger charge is -2.31. The number of carbonyl (C=O) groups excluding carboxylic acids is 1. The molecule has 2 saturated heterocycles. The molecule has 2 aliphatic heterocycles. The minimum atomic E-state index is 0.132. The molecule has 0 bridgehead atoms. The molecule has 1 unspecified atom stereocenters. The maximum absolute atomic E-state index is 12.8. The molecular formula is C16H23N3O2. The molecule has 1 aromatic rings. The van der Waals surface area contributed by atoms with Gasteiger partial charge in [-0.25, -0.2) is 0 Å². The largest absolute Gasteiger partial charge is 0.378 e. The van der Waals surface area contributed by atoms with Gasteiger partial charge in [0.1, 0.15) is 0 Å². The second-order valence-corrected chi connectivity index (χ2v) is 5.76. The van der Waals surface area contributed by atoms with Crippen LogP contribution in [0.2, 0.25) is 0 Å². The van der Waals surface area contributed by atoms with E-state index >= 15 is 0 Å². The molecule has 5 heteroatoms. The third-order valence-corrected chi connectivity index (χ3v) is 4.39. The quantitative estimate of drug-likeness (QED) is 0.900. The van der Waals surface area contributed by atoms with Crippen LogP contribution >= 0.6 is 0 Å². The average molecular weight is 289 g/mol. The van der Waals surface area contributed by atoms with E-state index in [0.29, 0.717) is 12.5 Å². The molecular weight excluding hydrogens is 266 g/mol. The first kappa shape index (κ1) is 14.4. The molecule has 1 atom stereocenters. The minimum Gasteiger partial charge on any atom is -0.378 e. The topological polar surface area (TPSA) is 58.8 Å². The van der Waals surface area contributed by atoms with Crippen LogP contribution < -0.4 is 10.6 Å². The summed E-state index contributed by atoms with van der Waals surface area (Å²) in [5, 5.41) is 0. The van der Waals surface area contributed by atoms with Gasteiger partial charge in [0.25, 0.3) is 5.91 Å². The lowest BCUT2D eigenvalue weighted by Crippen LogP contribution is -2.38. The molecule has 0 aliphatic carbocycles. The molecule has 0 radical (unpaired) electrons. The molecule has 1 aromatic carbocycles. The number of ether oxygens (including phenoxy) is 1. The highest BCUT2D eigenvalue weighted by molar-refractivity contribution is 6.00. The summed E-state index contributed by atoms with van der Waals surface area (Å²) >= 11 is 0. The van der Waals surface area contributed by atoms with Crippen molar-refractivity contribution in [3.05, 3.63) is 29.8 Å². The number of rotatable bonds is 3. The van der Waals surface area contributed by atoms with E-state index in [2.05, 4.69) is 4.90 Å². The van der Waals surface area contributed by atoms with Crippen molar-refractivity contribution in [3.63, 3.8) is 0 Å². The Morgan fingerprint density at radius 3 is 2.71 bits per heavy atom. The van der Waals surface area contributed by atoms with Crippen LogP contribution in [0.3, 0.4) is 0 Å². The van der Waals surface area contributed by atoms with Crippen molar-refractivity contribution >= 4 is 11.6 Å². The minimum absolute atomic E-state index is 0.132. The number of carbonyl (C=O) groups is 1. The molecule has 0 aromatic heterocycles. The second kappa shape index (κ2) is 6.45. The summed E-state index contributed by atoms with van der Waals surface area (Å²) in [6.45, 7) is 5.40. The van der Waals surface area contributed by atoms with Crippen LogP contribution in [-0.2, 0) is 4.74 Å². The summed E-state index contributed by atoms with van der Waals surface area (Å²) in [7, 11) is 0. The molecule has 0 saturated carbocycles. The van der Waals surface area contributed by atoms with E-state index in [9.17, 15) is 4.79 Å². The number of morpholine rings is 1. The molecule has 2 fully saturated rings. The van der Waals surface area contributed by atoms with Crippen LogP contribution in [0.1, 0.15) is 16.8 Å². The predicted molar refractivity (Wildman–Crippen MR) is 82.5 cm³/mol. The van der Waals surface area contributed by atoms with Gasteiger partial charge in [-0.15, -0.1) is 0 Å². The number of hydrogen-bond donors (Lipinski definition) is 1. The standard InChI is InChI=1S/C16H23N3O2/c17-11-13-5-6-19(12-13)16(20)14-3-1-2-4-15(14)18-7-9-21-10-8-18/h1-4,13H,5-12,17H2. The SMILES string of the molecule is NCC1CCN(C(=O)c2ccccc2N2CCOCC2)C1. The summed E-state index contributed by atoms with van der Waals surface area (Å²) in [5.41, 5.74) is 7.55. The highest BCUT2D eigenvalue weighted by Gasteiger charge is 2.28. The zero-order chi connectivity index (χ0) is 14.7. The van der Waals surface area contributed by atoms with Gasteiger partial charge in [-0.1, -0.05) is 12.1 Å². The molecule has 2 N–H and O–H groups in total. The number of para-hydroxylation sites is 1. The van der Waals surface area contributed by atoms with Crippen molar-refractivity contribution in [2.75, 3.05) is 50.8 Å². The molecule has 5 nitrogen and oxygen atoms in total. The van der Waals surface area contributed by atoms with Gasteiger partial charge in [0.05, 0.1) is 18.8 Å². The van der Waals surface area contributed by atoms with Crippen LogP contribution in [0.15, 0.2) is 24.3 Å². The Labute approximate surface area is 125 Å². The van der Waals surface area contributed by atoms with E-state index in [0.717, 1.165) is 57.1 Å². The molecule has 3 rings (SSSR count). The molecule has 2 aliphatic rings. The number of hydrogen-bond acceptors (Lipinski definition) is 4. The van der Waals surface area contributed by atoms with E-state index < -0.39 is 0 Å². The smallest absolute Gasteiger partial charge is 0.255 e. The molecule has 114 valence electrons. The van der Waals surface area contributed by atoms with Crippen molar-refractivity contribution in [2.45, 2.75) is 6.42 Å². The lowest BCUT2D eigenvalue weighted by atomic mass is 10.1. The highest BCUT2D eigenvalue weighted by atomic mass is 16.5. The Balaban J connectivity index is 1.79. The number of nitrogens with zero attached hydrogens (tertiary/aromatic N) is 2. The van der Waals surface area contributed by atoms with Crippen LogP contribution in [-0.4, -0.2) is 56.7 Å². The third kappa shape index (κ3) is 3.04. The fourth-order valence-corrected chi connectivity index (χ4v) is 3.11. The Bertz CT molecular complexity index is 500. The molecule has 1 amide bonds. The first-order chi connectivity index (χ1) is 10.3. The van der Waals surface area contributed by atoms with Crippen molar-refractivity contribution in [1.29, 1.82) is 0 Å². The van der Waals surface area contributed by atoms with Gasteiger partial charge in [-0.05, 0) is 31.0 Å². The molecule has 0 spiro atoms. The Morgan fingerprint density at radius 1 is 1.24 bits per heavy atom. The summed E-state index contributed by atoms with van der Waals surface area (Å²) in [6.07, 6.45) is 1.02. The normalized spacial score (nSPS) is 22.6. The van der Waals surface area contributed by atoms with Crippen LogP contribution in [0.25, 0.3) is 0 Å². The van der Waals surface area contributed by atoms with E-state index in [1.807, 2.05) is 29.2 Å². The van der Waals surface area contributed by atoms with Gasteiger partial charge in [0, 0.05) is 31.9 Å². The zero-order valence-corrected chi connectivity index (χ0v) is 12.3. The fraction of sp³-hybridized carbons (Fsp3) is 0.562. The number of amides is 1. The third-order valence-electron chi connectivity index (χ3n) is 4.39. The van der Waals surface area contributed by atoms with E-state index in [4.69, 9.17) is 10.5 Å². The van der Waals surface area contributed by atoms with Crippen molar-refractivity contribution < 1.29 is 9.53 Å². The van der Waals surface area contributed by atoms with E-state index in [-0.39, 0.29) is 5.91 Å². The fourth-order valence-electron chi connectivity index (χ4n) is 3.11. The Morgan fingerprint density at radius 2 is 2.00 bits per heavy atom. The van der Waals surface area contributed by atoms with Crippen molar-refractivity contribution in [1.82, 2.24) is 4.90 Å². The van der Waals surface area contributed by atoms with Crippen molar-refractivity contribution in [2.24, 2.45) is 11.7 Å². The second-order valence-electron chi connectivity index (χ2n) is 5.76. The first-order valence-electron chi connectivity index (χ1n) is 7.70. The first-order valence-corrected chi connectivity index (χ1v) is 7.70. The van der Waals surface area contributed by atoms with Gasteiger partial charge < -0.3 is 20.3 Å². The maximum atomic E-state index is 12.8. The number of benzene rings is 1. The number of likely N-dealkylation sites (tertiary alicyclic amines) is 1. The zero-order valence-electron chi connectivity index (χ0n) is 12.3. The lowest BCUT2D eigenvalue weighted by molar-refractivity contribution is 0.0787. The van der Waals surface area contributed by atoms with Crippen molar-refractivity contribution in [3.8, 4) is 0 Å². The van der Waals surface area contributed by atoms with Crippen LogP contribution in [0, 0.1) is 5.92 Å². The highest BCUT2D eigenvalue weighted by Crippen LogP contribution is 2.25. The van der Waals surface area contributed by atoms with E-state index in [1.165, 1.54) is 0 Å². The van der Waals surface area contributed by atoms with Gasteiger partial charge in [-0.3, -0.25) is 4.79 Å². The van der Waals surface area contributed by atoms with Gasteiger partial charge in [0.15, 0.2) is 0 Å². The summed E-state index contributed by atoms with van der Waals surface area (Å²) in [5.74, 6) is 0.581.